The molecule has 3 N–H and O–H groups in total. The van der Waals surface area contributed by atoms with Gasteiger partial charge < -0.3 is 15.6 Å². The van der Waals surface area contributed by atoms with Gasteiger partial charge in [0.2, 0.25) is 5.91 Å². The number of nitrogens with one attached hydrogen (secondary N) is 3. The van der Waals surface area contributed by atoms with E-state index in [0.29, 0.717) is 19.5 Å². The predicted molar refractivity (Wildman–Crippen MR) is 72.3 cm³/mol. The Balaban J connectivity index is 2.00. The minimum absolute atomic E-state index is 0.0690. The normalized spacial score (nSPS) is 11.5. The standard InChI is InChI=1S/C13H24N4O/c1-13(2,3)17-8-6-12(18)16-7-4-5-11-14-9-10-15-11/h9-10,17H,4-8H2,1-3H3,(H,14,15)(H,16,18). The zero-order chi connectivity index (χ0) is 13.4. The molecular weight excluding hydrogens is 228 g/mol. The smallest absolute Gasteiger partial charge is 0.221 e. The number of aromatic amines is 1. The maximum atomic E-state index is 11.5. The Morgan fingerprint density at radius 1 is 1.39 bits per heavy atom. The molecule has 0 saturated carbocycles. The third-order valence-corrected chi connectivity index (χ3v) is 2.47. The van der Waals surface area contributed by atoms with E-state index in [-0.39, 0.29) is 11.4 Å². The maximum Gasteiger partial charge on any atom is 0.221 e. The molecule has 0 aliphatic carbocycles. The molecule has 0 spiro atoms. The number of hydrogen-bond acceptors (Lipinski definition) is 3. The topological polar surface area (TPSA) is 69.8 Å². The van der Waals surface area contributed by atoms with Crippen LogP contribution < -0.4 is 10.6 Å². The summed E-state index contributed by atoms with van der Waals surface area (Å²) >= 11 is 0. The molecule has 1 aromatic heterocycles. The lowest BCUT2D eigenvalue weighted by molar-refractivity contribution is -0.121. The second kappa shape index (κ2) is 7.16. The molecule has 1 rings (SSSR count). The Morgan fingerprint density at radius 2 is 2.17 bits per heavy atom. The van der Waals surface area contributed by atoms with Gasteiger partial charge in [0.05, 0.1) is 0 Å². The third-order valence-electron chi connectivity index (χ3n) is 2.47. The number of carbonyl (C=O) groups is 1. The number of H-pyrrole nitrogens is 1. The molecule has 5 heteroatoms. The lowest BCUT2D eigenvalue weighted by atomic mass is 10.1. The SMILES string of the molecule is CC(C)(C)NCCC(=O)NCCCc1ncc[nH]1. The van der Waals surface area contributed by atoms with Gasteiger partial charge >= 0.3 is 0 Å². The highest BCUT2D eigenvalue weighted by atomic mass is 16.1. The number of amides is 1. The Morgan fingerprint density at radius 3 is 2.78 bits per heavy atom. The van der Waals surface area contributed by atoms with Crippen LogP contribution in [0.3, 0.4) is 0 Å². The molecule has 0 aromatic carbocycles. The van der Waals surface area contributed by atoms with E-state index in [9.17, 15) is 4.79 Å². The number of rotatable bonds is 7. The molecule has 5 nitrogen and oxygen atoms in total. The van der Waals surface area contributed by atoms with Crippen molar-refractivity contribution < 1.29 is 4.79 Å². The van der Waals surface area contributed by atoms with E-state index in [4.69, 9.17) is 0 Å². The van der Waals surface area contributed by atoms with Crippen LogP contribution >= 0.6 is 0 Å². The number of aryl methyl sites for hydroxylation is 1. The third kappa shape index (κ3) is 7.06. The second-order valence-corrected chi connectivity index (χ2v) is 5.42. The Bertz CT molecular complexity index is 340. The van der Waals surface area contributed by atoms with Crippen molar-refractivity contribution in [3.8, 4) is 0 Å². The van der Waals surface area contributed by atoms with Crippen LogP contribution in [0.2, 0.25) is 0 Å². The van der Waals surface area contributed by atoms with E-state index >= 15 is 0 Å². The van der Waals surface area contributed by atoms with E-state index in [1.807, 2.05) is 6.20 Å². The molecule has 1 heterocycles. The van der Waals surface area contributed by atoms with Gasteiger partial charge in [-0.3, -0.25) is 4.79 Å². The van der Waals surface area contributed by atoms with Crippen LogP contribution in [-0.2, 0) is 11.2 Å². The van der Waals surface area contributed by atoms with Crippen molar-refractivity contribution in [3.63, 3.8) is 0 Å². The monoisotopic (exact) mass is 252 g/mol. The fourth-order valence-corrected chi connectivity index (χ4v) is 1.56. The van der Waals surface area contributed by atoms with Crippen molar-refractivity contribution in [1.82, 2.24) is 20.6 Å². The Labute approximate surface area is 109 Å². The number of nitrogens with zero attached hydrogens (tertiary/aromatic N) is 1. The first-order chi connectivity index (χ1) is 8.47. The van der Waals surface area contributed by atoms with E-state index in [2.05, 4.69) is 41.4 Å². The van der Waals surface area contributed by atoms with Gasteiger partial charge in [0.25, 0.3) is 0 Å². The molecule has 0 radical (unpaired) electrons. The van der Waals surface area contributed by atoms with E-state index in [0.717, 1.165) is 18.7 Å². The molecule has 0 aliphatic heterocycles. The van der Waals surface area contributed by atoms with Gasteiger partial charge in [-0.1, -0.05) is 0 Å². The van der Waals surface area contributed by atoms with Gasteiger partial charge in [0, 0.05) is 43.9 Å². The zero-order valence-electron chi connectivity index (χ0n) is 11.5. The Hall–Kier alpha value is -1.36. The molecular formula is C13H24N4O. The average Bonchev–Trinajstić information content (AvgIpc) is 2.75. The zero-order valence-corrected chi connectivity index (χ0v) is 11.5. The Kier molecular flexibility index (Phi) is 5.85. The summed E-state index contributed by atoms with van der Waals surface area (Å²) in [6, 6.07) is 0. The van der Waals surface area contributed by atoms with Crippen molar-refractivity contribution in [2.75, 3.05) is 13.1 Å². The molecule has 0 saturated heterocycles. The van der Waals surface area contributed by atoms with E-state index in [1.54, 1.807) is 6.20 Å². The quantitative estimate of drug-likeness (QED) is 0.639. The van der Waals surface area contributed by atoms with Crippen molar-refractivity contribution in [1.29, 1.82) is 0 Å². The predicted octanol–water partition coefficient (Wildman–Crippen LogP) is 1.24. The van der Waals surface area contributed by atoms with Crippen LogP contribution in [0.1, 0.15) is 39.4 Å². The number of hydrogen-bond donors (Lipinski definition) is 3. The van der Waals surface area contributed by atoms with Gasteiger partial charge in [0.15, 0.2) is 0 Å². The van der Waals surface area contributed by atoms with Crippen molar-refractivity contribution >= 4 is 5.91 Å². The molecule has 0 atom stereocenters. The molecule has 0 unspecified atom stereocenters. The summed E-state index contributed by atoms with van der Waals surface area (Å²) < 4.78 is 0. The molecule has 0 bridgehead atoms. The summed E-state index contributed by atoms with van der Waals surface area (Å²) in [4.78, 5) is 18.7. The van der Waals surface area contributed by atoms with Crippen LogP contribution in [0, 0.1) is 0 Å². The minimum atomic E-state index is 0.0690. The fourth-order valence-electron chi connectivity index (χ4n) is 1.56. The highest BCUT2D eigenvalue weighted by molar-refractivity contribution is 5.76. The molecule has 0 fully saturated rings. The van der Waals surface area contributed by atoms with Gasteiger partial charge in [-0.15, -0.1) is 0 Å². The average molecular weight is 252 g/mol. The van der Waals surface area contributed by atoms with Crippen molar-refractivity contribution in [2.24, 2.45) is 0 Å². The first-order valence-corrected chi connectivity index (χ1v) is 6.47. The van der Waals surface area contributed by atoms with Crippen LogP contribution in [0.4, 0.5) is 0 Å². The molecule has 1 amide bonds. The number of aromatic nitrogens is 2. The van der Waals surface area contributed by atoms with Crippen molar-refractivity contribution in [2.45, 2.75) is 45.6 Å². The largest absolute Gasteiger partial charge is 0.356 e. The van der Waals surface area contributed by atoms with Crippen LogP contribution in [0.15, 0.2) is 12.4 Å². The summed E-state index contributed by atoms with van der Waals surface area (Å²) in [5.41, 5.74) is 0.0690. The fraction of sp³-hybridized carbons (Fsp3) is 0.692. The summed E-state index contributed by atoms with van der Waals surface area (Å²) in [6.45, 7) is 7.69. The summed E-state index contributed by atoms with van der Waals surface area (Å²) in [5, 5.41) is 6.20. The van der Waals surface area contributed by atoms with Crippen LogP contribution in [0.25, 0.3) is 0 Å². The number of imidazole rings is 1. The minimum Gasteiger partial charge on any atom is -0.356 e. The highest BCUT2D eigenvalue weighted by Crippen LogP contribution is 1.98. The highest BCUT2D eigenvalue weighted by Gasteiger charge is 2.09. The summed E-state index contributed by atoms with van der Waals surface area (Å²) in [6.07, 6.45) is 5.86. The second-order valence-electron chi connectivity index (χ2n) is 5.42. The van der Waals surface area contributed by atoms with E-state index < -0.39 is 0 Å². The number of carbonyl (C=O) groups excluding carboxylic acids is 1. The van der Waals surface area contributed by atoms with Gasteiger partial charge in [-0.25, -0.2) is 4.98 Å². The first-order valence-electron chi connectivity index (χ1n) is 6.47. The van der Waals surface area contributed by atoms with Crippen LogP contribution in [0.5, 0.6) is 0 Å². The van der Waals surface area contributed by atoms with Crippen LogP contribution in [-0.4, -0.2) is 34.5 Å². The van der Waals surface area contributed by atoms with Crippen molar-refractivity contribution in [3.05, 3.63) is 18.2 Å². The molecule has 0 aliphatic rings. The molecule has 1 aromatic rings. The lowest BCUT2D eigenvalue weighted by Gasteiger charge is -2.20. The lowest BCUT2D eigenvalue weighted by Crippen LogP contribution is -2.38. The first kappa shape index (κ1) is 14.7. The van der Waals surface area contributed by atoms with Gasteiger partial charge in [0.1, 0.15) is 5.82 Å². The van der Waals surface area contributed by atoms with Gasteiger partial charge in [-0.05, 0) is 27.2 Å². The van der Waals surface area contributed by atoms with E-state index in [1.165, 1.54) is 0 Å². The molecule has 102 valence electrons. The maximum absolute atomic E-state index is 11.5. The summed E-state index contributed by atoms with van der Waals surface area (Å²) in [5.74, 6) is 1.07. The van der Waals surface area contributed by atoms with Gasteiger partial charge in [-0.2, -0.15) is 0 Å². The molecule has 18 heavy (non-hydrogen) atoms. The summed E-state index contributed by atoms with van der Waals surface area (Å²) in [7, 11) is 0.